The van der Waals surface area contributed by atoms with Gasteiger partial charge in [-0.25, -0.2) is 9.78 Å². The molecule has 0 aliphatic heterocycles. The Bertz CT molecular complexity index is 1250. The highest BCUT2D eigenvalue weighted by Crippen LogP contribution is 2.30. The number of rotatable bonds is 8. The van der Waals surface area contributed by atoms with Crippen molar-refractivity contribution in [2.45, 2.75) is 39.3 Å². The highest BCUT2D eigenvalue weighted by Gasteiger charge is 2.20. The van der Waals surface area contributed by atoms with E-state index in [1.165, 1.54) is 18.4 Å². The summed E-state index contributed by atoms with van der Waals surface area (Å²) >= 11 is 2.61. The van der Waals surface area contributed by atoms with E-state index in [-0.39, 0.29) is 11.3 Å². The van der Waals surface area contributed by atoms with E-state index in [1.54, 1.807) is 4.57 Å². The predicted molar refractivity (Wildman–Crippen MR) is 133 cm³/mol. The summed E-state index contributed by atoms with van der Waals surface area (Å²) in [5.41, 5.74) is 3.73. The SMILES string of the molecule is CCc1c(C)sc2nc(SCC(=O)NC(=O)NCCOC)n(-c3ccc(C)c(C)c3)c(=O)c12. The van der Waals surface area contributed by atoms with Crippen LogP contribution in [-0.2, 0) is 16.0 Å². The van der Waals surface area contributed by atoms with E-state index < -0.39 is 11.9 Å². The Hall–Kier alpha value is -2.69. The fourth-order valence-corrected chi connectivity index (χ4v) is 5.38. The van der Waals surface area contributed by atoms with Gasteiger partial charge in [0.1, 0.15) is 4.83 Å². The molecule has 0 saturated heterocycles. The van der Waals surface area contributed by atoms with Crippen LogP contribution in [0.15, 0.2) is 28.2 Å². The van der Waals surface area contributed by atoms with Gasteiger partial charge in [0.25, 0.3) is 5.56 Å². The molecular weight excluding hydrogens is 460 g/mol. The van der Waals surface area contributed by atoms with Crippen molar-refractivity contribution < 1.29 is 14.3 Å². The molecule has 176 valence electrons. The number of carbonyl (C=O) groups is 2. The van der Waals surface area contributed by atoms with E-state index in [4.69, 9.17) is 9.72 Å². The lowest BCUT2D eigenvalue weighted by Crippen LogP contribution is -2.41. The molecule has 0 fully saturated rings. The second kappa shape index (κ2) is 11.0. The Morgan fingerprint density at radius 2 is 1.97 bits per heavy atom. The molecule has 2 aromatic heterocycles. The standard InChI is InChI=1S/C23H28N4O4S2/c1-6-17-15(4)33-20-19(17)21(29)27(16-8-7-13(2)14(3)11-16)23(26-20)32-12-18(28)25-22(30)24-9-10-31-5/h7-8,11H,6,9-10,12H2,1-5H3,(H2,24,25,28,30). The maximum atomic E-state index is 13.6. The number of nitrogens with one attached hydrogen (secondary N) is 2. The number of urea groups is 1. The Labute approximate surface area is 200 Å². The van der Waals surface area contributed by atoms with Crippen LogP contribution in [0.2, 0.25) is 0 Å². The van der Waals surface area contributed by atoms with Crippen LogP contribution in [0.1, 0.15) is 28.5 Å². The number of hydrogen-bond donors (Lipinski definition) is 2. The zero-order chi connectivity index (χ0) is 24.1. The van der Waals surface area contributed by atoms with E-state index in [1.807, 2.05) is 45.9 Å². The summed E-state index contributed by atoms with van der Waals surface area (Å²) in [6.45, 7) is 8.67. The van der Waals surface area contributed by atoms with Gasteiger partial charge in [0, 0.05) is 18.5 Å². The van der Waals surface area contributed by atoms with E-state index in [0.717, 1.165) is 39.8 Å². The van der Waals surface area contributed by atoms with E-state index >= 15 is 0 Å². The van der Waals surface area contributed by atoms with Crippen molar-refractivity contribution in [3.05, 3.63) is 50.1 Å². The van der Waals surface area contributed by atoms with E-state index in [2.05, 4.69) is 10.6 Å². The van der Waals surface area contributed by atoms with Gasteiger partial charge >= 0.3 is 6.03 Å². The van der Waals surface area contributed by atoms with Crippen LogP contribution in [0, 0.1) is 20.8 Å². The number of carbonyl (C=O) groups excluding carboxylic acids is 2. The first kappa shape index (κ1) is 24.9. The molecule has 3 rings (SSSR count). The minimum Gasteiger partial charge on any atom is -0.383 e. The fourth-order valence-electron chi connectivity index (χ4n) is 3.42. The number of thioether (sulfide) groups is 1. The number of methoxy groups -OCH3 is 1. The second-order valence-corrected chi connectivity index (χ2v) is 9.71. The quantitative estimate of drug-likeness (QED) is 0.286. The summed E-state index contributed by atoms with van der Waals surface area (Å²) in [5, 5.41) is 5.86. The van der Waals surface area contributed by atoms with Crippen LogP contribution in [0.3, 0.4) is 0 Å². The van der Waals surface area contributed by atoms with Gasteiger partial charge in [-0.3, -0.25) is 19.5 Å². The minimum absolute atomic E-state index is 0.0640. The van der Waals surface area contributed by atoms with Crippen molar-refractivity contribution in [1.82, 2.24) is 20.2 Å². The Balaban J connectivity index is 1.96. The monoisotopic (exact) mass is 488 g/mol. The zero-order valence-electron chi connectivity index (χ0n) is 19.4. The molecule has 8 nitrogen and oxygen atoms in total. The molecule has 0 unspecified atom stereocenters. The van der Waals surface area contributed by atoms with Gasteiger partial charge in [0.15, 0.2) is 5.16 Å². The number of benzene rings is 1. The Morgan fingerprint density at radius 3 is 2.64 bits per heavy atom. The lowest BCUT2D eigenvalue weighted by molar-refractivity contribution is -0.117. The van der Waals surface area contributed by atoms with Gasteiger partial charge < -0.3 is 10.1 Å². The first-order valence-electron chi connectivity index (χ1n) is 10.6. The van der Waals surface area contributed by atoms with Crippen molar-refractivity contribution >= 4 is 45.3 Å². The average Bonchev–Trinajstić information content (AvgIpc) is 3.09. The molecule has 0 spiro atoms. The smallest absolute Gasteiger partial charge is 0.321 e. The molecule has 1 aromatic carbocycles. The lowest BCUT2D eigenvalue weighted by Gasteiger charge is -2.14. The summed E-state index contributed by atoms with van der Waals surface area (Å²) in [6.07, 6.45) is 0.739. The highest BCUT2D eigenvalue weighted by molar-refractivity contribution is 7.99. The zero-order valence-corrected chi connectivity index (χ0v) is 21.0. The molecule has 0 saturated carbocycles. The number of amides is 3. The van der Waals surface area contributed by atoms with Crippen LogP contribution < -0.4 is 16.2 Å². The number of aromatic nitrogens is 2. The largest absolute Gasteiger partial charge is 0.383 e. The Morgan fingerprint density at radius 1 is 1.21 bits per heavy atom. The summed E-state index contributed by atoms with van der Waals surface area (Å²) in [4.78, 5) is 44.3. The number of fused-ring (bicyclic) bond motifs is 1. The first-order valence-corrected chi connectivity index (χ1v) is 12.4. The van der Waals surface area contributed by atoms with Gasteiger partial charge in [-0.2, -0.15) is 0 Å². The topological polar surface area (TPSA) is 102 Å². The number of thiophene rings is 1. The van der Waals surface area contributed by atoms with Crippen LogP contribution in [0.4, 0.5) is 4.79 Å². The maximum Gasteiger partial charge on any atom is 0.321 e. The minimum atomic E-state index is -0.589. The molecule has 0 aliphatic carbocycles. The van der Waals surface area contributed by atoms with Gasteiger partial charge in [-0.15, -0.1) is 11.3 Å². The van der Waals surface area contributed by atoms with Crippen LogP contribution >= 0.6 is 23.1 Å². The molecule has 2 heterocycles. The summed E-state index contributed by atoms with van der Waals surface area (Å²) in [7, 11) is 1.53. The normalized spacial score (nSPS) is 11.1. The van der Waals surface area contributed by atoms with Crippen molar-refractivity contribution in [3.63, 3.8) is 0 Å². The molecule has 10 heteroatoms. The van der Waals surface area contributed by atoms with Gasteiger partial charge in [0.2, 0.25) is 5.91 Å². The molecule has 33 heavy (non-hydrogen) atoms. The summed E-state index contributed by atoms with van der Waals surface area (Å²) < 4.78 is 6.43. The van der Waals surface area contributed by atoms with Gasteiger partial charge in [-0.1, -0.05) is 24.8 Å². The highest BCUT2D eigenvalue weighted by atomic mass is 32.2. The molecule has 3 amide bonds. The van der Waals surface area contributed by atoms with Crippen molar-refractivity contribution in [3.8, 4) is 5.69 Å². The first-order chi connectivity index (χ1) is 15.8. The number of ether oxygens (including phenoxy) is 1. The molecular formula is C23H28N4O4S2. The third-order valence-electron chi connectivity index (χ3n) is 5.28. The number of nitrogens with zero attached hydrogens (tertiary/aromatic N) is 2. The van der Waals surface area contributed by atoms with Crippen molar-refractivity contribution in [2.75, 3.05) is 26.0 Å². The second-order valence-electron chi connectivity index (χ2n) is 7.56. The van der Waals surface area contributed by atoms with Crippen LogP contribution in [-0.4, -0.2) is 47.5 Å². The predicted octanol–water partition coefficient (Wildman–Crippen LogP) is 3.50. The molecule has 0 radical (unpaired) electrons. The number of aryl methyl sites for hydroxylation is 4. The number of imide groups is 1. The summed E-state index contributed by atoms with van der Waals surface area (Å²) in [5.74, 6) is -0.543. The molecule has 3 aromatic rings. The third kappa shape index (κ3) is 5.63. The molecule has 0 aliphatic rings. The van der Waals surface area contributed by atoms with Crippen molar-refractivity contribution in [2.24, 2.45) is 0 Å². The lowest BCUT2D eigenvalue weighted by atomic mass is 10.1. The average molecular weight is 489 g/mol. The Kier molecular flexibility index (Phi) is 8.28. The maximum absolute atomic E-state index is 13.6. The van der Waals surface area contributed by atoms with Gasteiger partial charge in [-0.05, 0) is 56.0 Å². The number of hydrogen-bond acceptors (Lipinski definition) is 7. The van der Waals surface area contributed by atoms with Gasteiger partial charge in [0.05, 0.1) is 23.4 Å². The van der Waals surface area contributed by atoms with Crippen LogP contribution in [0.25, 0.3) is 15.9 Å². The summed E-state index contributed by atoms with van der Waals surface area (Å²) in [6, 6.07) is 5.21. The van der Waals surface area contributed by atoms with Crippen molar-refractivity contribution in [1.29, 1.82) is 0 Å². The molecule has 0 atom stereocenters. The molecule has 2 N–H and O–H groups in total. The molecule has 0 bridgehead atoms. The van der Waals surface area contributed by atoms with E-state index in [9.17, 15) is 14.4 Å². The van der Waals surface area contributed by atoms with E-state index in [0.29, 0.717) is 34.2 Å². The van der Waals surface area contributed by atoms with Crippen LogP contribution in [0.5, 0.6) is 0 Å². The fraction of sp³-hybridized carbons (Fsp3) is 0.391. The third-order valence-corrected chi connectivity index (χ3v) is 7.26.